The molecule has 0 saturated carbocycles. The lowest BCUT2D eigenvalue weighted by molar-refractivity contribution is -0.128. The molecule has 0 fully saturated rings. The lowest BCUT2D eigenvalue weighted by atomic mass is 10.1. The lowest BCUT2D eigenvalue weighted by Gasteiger charge is -2.35. The fourth-order valence-corrected chi connectivity index (χ4v) is 4.92. The fourth-order valence-electron chi connectivity index (χ4n) is 3.43. The first-order chi connectivity index (χ1) is 14.9. The van der Waals surface area contributed by atoms with Crippen LogP contribution in [0.2, 0.25) is 0 Å². The molecule has 1 amide bonds. The minimum Gasteiger partial charge on any atom is -0.476 e. The maximum absolute atomic E-state index is 13.3. The molecule has 8 heteroatoms. The van der Waals surface area contributed by atoms with Crippen molar-refractivity contribution in [1.82, 2.24) is 5.32 Å². The van der Waals surface area contributed by atoms with Crippen molar-refractivity contribution in [3.05, 3.63) is 90.2 Å². The van der Waals surface area contributed by atoms with Gasteiger partial charge in [0.15, 0.2) is 6.10 Å². The number of para-hydroxylation sites is 2. The van der Waals surface area contributed by atoms with E-state index in [1.165, 1.54) is 28.6 Å². The molecule has 1 aliphatic rings. The number of ether oxygens (including phenoxy) is 1. The summed E-state index contributed by atoms with van der Waals surface area (Å²) in [6.45, 7) is 1.59. The first-order valence-corrected chi connectivity index (χ1v) is 11.2. The van der Waals surface area contributed by atoms with Crippen LogP contribution in [-0.2, 0) is 14.8 Å². The van der Waals surface area contributed by atoms with Crippen LogP contribution in [0.1, 0.15) is 18.5 Å². The number of sulfonamides is 1. The molecule has 1 aliphatic heterocycles. The number of hydrogen-bond donors (Lipinski definition) is 1. The highest BCUT2D eigenvalue weighted by molar-refractivity contribution is 7.92. The highest BCUT2D eigenvalue weighted by Gasteiger charge is 2.37. The van der Waals surface area contributed by atoms with Crippen molar-refractivity contribution in [2.45, 2.75) is 24.0 Å². The van der Waals surface area contributed by atoms with Gasteiger partial charge in [-0.2, -0.15) is 0 Å². The zero-order valence-corrected chi connectivity index (χ0v) is 17.6. The number of rotatable bonds is 5. The molecular formula is C23H21FN2O4S. The number of nitrogens with one attached hydrogen (secondary N) is 1. The Hall–Kier alpha value is -3.39. The van der Waals surface area contributed by atoms with Gasteiger partial charge in [0.2, 0.25) is 0 Å². The van der Waals surface area contributed by atoms with Gasteiger partial charge in [0.1, 0.15) is 11.6 Å². The quantitative estimate of drug-likeness (QED) is 0.657. The van der Waals surface area contributed by atoms with Crippen LogP contribution in [0.4, 0.5) is 10.1 Å². The molecule has 3 aromatic carbocycles. The summed E-state index contributed by atoms with van der Waals surface area (Å²) in [5.74, 6) is -0.515. The molecule has 2 atom stereocenters. The molecule has 6 nitrogen and oxygen atoms in total. The Morgan fingerprint density at radius 2 is 1.68 bits per heavy atom. The molecule has 0 unspecified atom stereocenters. The minimum atomic E-state index is -3.90. The highest BCUT2D eigenvalue weighted by atomic mass is 32.2. The van der Waals surface area contributed by atoms with Crippen LogP contribution in [0.25, 0.3) is 0 Å². The van der Waals surface area contributed by atoms with E-state index < -0.39 is 28.1 Å². The maximum Gasteiger partial charge on any atom is 0.264 e. The third-order valence-corrected chi connectivity index (χ3v) is 6.88. The van der Waals surface area contributed by atoms with Crippen LogP contribution in [0.15, 0.2) is 83.8 Å². The fraction of sp³-hybridized carbons (Fsp3) is 0.174. The Balaban J connectivity index is 1.60. The zero-order chi connectivity index (χ0) is 22.0. The monoisotopic (exact) mass is 440 g/mol. The van der Waals surface area contributed by atoms with E-state index in [1.807, 2.05) is 0 Å². The van der Waals surface area contributed by atoms with Crippen LogP contribution in [0.3, 0.4) is 0 Å². The predicted octanol–water partition coefficient (Wildman–Crippen LogP) is 3.66. The third kappa shape index (κ3) is 4.25. The first-order valence-electron chi connectivity index (χ1n) is 9.75. The molecule has 0 aromatic heterocycles. The van der Waals surface area contributed by atoms with E-state index in [4.69, 9.17) is 4.74 Å². The topological polar surface area (TPSA) is 75.7 Å². The Morgan fingerprint density at radius 1 is 1.03 bits per heavy atom. The van der Waals surface area contributed by atoms with E-state index in [1.54, 1.807) is 61.5 Å². The minimum absolute atomic E-state index is 0.130. The van der Waals surface area contributed by atoms with Crippen LogP contribution in [0.5, 0.6) is 5.75 Å². The van der Waals surface area contributed by atoms with E-state index in [2.05, 4.69) is 5.32 Å². The van der Waals surface area contributed by atoms with Gasteiger partial charge in [-0.3, -0.25) is 9.10 Å². The molecular weight excluding hydrogens is 419 g/mol. The van der Waals surface area contributed by atoms with Gasteiger partial charge in [0.05, 0.1) is 23.2 Å². The Kier molecular flexibility index (Phi) is 5.65. The largest absolute Gasteiger partial charge is 0.476 e. The van der Waals surface area contributed by atoms with E-state index in [9.17, 15) is 17.6 Å². The lowest BCUT2D eigenvalue weighted by Crippen LogP contribution is -2.51. The Bertz CT molecular complexity index is 1180. The average Bonchev–Trinajstić information content (AvgIpc) is 2.79. The van der Waals surface area contributed by atoms with Crippen molar-refractivity contribution in [1.29, 1.82) is 0 Å². The molecule has 1 heterocycles. The van der Waals surface area contributed by atoms with Crippen molar-refractivity contribution in [2.24, 2.45) is 0 Å². The number of benzene rings is 3. The number of hydrogen-bond acceptors (Lipinski definition) is 4. The van der Waals surface area contributed by atoms with Crippen LogP contribution in [-0.4, -0.2) is 27.0 Å². The van der Waals surface area contributed by atoms with Crippen LogP contribution in [0, 0.1) is 5.82 Å². The van der Waals surface area contributed by atoms with Gasteiger partial charge in [0.25, 0.3) is 15.9 Å². The third-order valence-electron chi connectivity index (χ3n) is 5.09. The van der Waals surface area contributed by atoms with Gasteiger partial charge < -0.3 is 10.1 Å². The van der Waals surface area contributed by atoms with Crippen molar-refractivity contribution >= 4 is 21.6 Å². The molecule has 0 aliphatic carbocycles. The Morgan fingerprint density at radius 3 is 2.39 bits per heavy atom. The summed E-state index contributed by atoms with van der Waals surface area (Å²) in [5.41, 5.74) is 1.10. The van der Waals surface area contributed by atoms with Gasteiger partial charge in [-0.25, -0.2) is 12.8 Å². The Labute approximate surface area is 180 Å². The SMILES string of the molecule is C[C@H](NC(=O)[C@H]1CN(S(=O)(=O)c2ccccc2)c2ccccc2O1)c1ccc(F)cc1. The summed E-state index contributed by atoms with van der Waals surface area (Å²) in [4.78, 5) is 13.1. The normalized spacial score (nSPS) is 16.7. The van der Waals surface area contributed by atoms with Crippen molar-refractivity contribution in [2.75, 3.05) is 10.8 Å². The maximum atomic E-state index is 13.3. The molecule has 0 spiro atoms. The van der Waals surface area contributed by atoms with Gasteiger partial charge in [-0.05, 0) is 48.9 Å². The average molecular weight is 440 g/mol. The molecule has 4 rings (SSSR count). The molecule has 0 radical (unpaired) electrons. The number of anilines is 1. The van der Waals surface area contributed by atoms with Gasteiger partial charge in [-0.15, -0.1) is 0 Å². The number of fused-ring (bicyclic) bond motifs is 1. The number of amides is 1. The summed E-state index contributed by atoms with van der Waals surface area (Å²) >= 11 is 0. The number of halogens is 1. The highest BCUT2D eigenvalue weighted by Crippen LogP contribution is 2.36. The molecule has 1 N–H and O–H groups in total. The summed E-state index contributed by atoms with van der Waals surface area (Å²) in [6, 6.07) is 20.2. The molecule has 3 aromatic rings. The van der Waals surface area contributed by atoms with Gasteiger partial charge in [-0.1, -0.05) is 42.5 Å². The first kappa shape index (κ1) is 20.9. The van der Waals surface area contributed by atoms with Crippen molar-refractivity contribution in [3.63, 3.8) is 0 Å². The number of carbonyl (C=O) groups excluding carboxylic acids is 1. The van der Waals surface area contributed by atoms with Crippen LogP contribution < -0.4 is 14.4 Å². The number of carbonyl (C=O) groups is 1. The number of nitrogens with zero attached hydrogens (tertiary/aromatic N) is 1. The van der Waals surface area contributed by atoms with E-state index in [0.29, 0.717) is 11.4 Å². The van der Waals surface area contributed by atoms with Crippen molar-refractivity contribution < 1.29 is 22.3 Å². The molecule has 0 saturated heterocycles. The second kappa shape index (κ2) is 8.39. The predicted molar refractivity (Wildman–Crippen MR) is 115 cm³/mol. The van der Waals surface area contributed by atoms with E-state index in [0.717, 1.165) is 5.56 Å². The van der Waals surface area contributed by atoms with E-state index >= 15 is 0 Å². The zero-order valence-electron chi connectivity index (χ0n) is 16.7. The smallest absolute Gasteiger partial charge is 0.264 e. The summed E-state index contributed by atoms with van der Waals surface area (Å²) in [7, 11) is -3.90. The summed E-state index contributed by atoms with van der Waals surface area (Å²) in [6.07, 6.45) is -1.05. The second-order valence-corrected chi connectivity index (χ2v) is 9.07. The standard InChI is InChI=1S/C23H21FN2O4S/c1-16(17-11-13-18(24)14-12-17)25-23(27)22-15-26(20-9-5-6-10-21(20)30-22)31(28,29)19-7-3-2-4-8-19/h2-14,16,22H,15H2,1H3,(H,25,27)/t16-,22+/m0/s1. The van der Waals surface area contributed by atoms with Crippen molar-refractivity contribution in [3.8, 4) is 5.75 Å². The van der Waals surface area contributed by atoms with E-state index in [-0.39, 0.29) is 17.3 Å². The molecule has 160 valence electrons. The van der Waals surface area contributed by atoms with Gasteiger partial charge in [0, 0.05) is 0 Å². The molecule has 31 heavy (non-hydrogen) atoms. The summed E-state index contributed by atoms with van der Waals surface area (Å²) in [5, 5.41) is 2.82. The van der Waals surface area contributed by atoms with Gasteiger partial charge >= 0.3 is 0 Å². The summed E-state index contributed by atoms with van der Waals surface area (Å²) < 4.78 is 46.8. The molecule has 0 bridgehead atoms. The second-order valence-electron chi connectivity index (χ2n) is 7.21. The van der Waals surface area contributed by atoms with Crippen LogP contribution >= 0.6 is 0 Å².